The van der Waals surface area contributed by atoms with Crippen molar-refractivity contribution in [2.75, 3.05) is 17.7 Å². The Kier molecular flexibility index (Phi) is 3.50. The lowest BCUT2D eigenvalue weighted by Crippen LogP contribution is -2.35. The van der Waals surface area contributed by atoms with Crippen LogP contribution in [0.4, 0.5) is 16.2 Å². The zero-order valence-electron chi connectivity index (χ0n) is 10.8. The van der Waals surface area contributed by atoms with Crippen molar-refractivity contribution in [3.63, 3.8) is 0 Å². The number of halogens is 1. The van der Waals surface area contributed by atoms with Crippen molar-refractivity contribution >= 4 is 40.3 Å². The third kappa shape index (κ3) is 2.71. The van der Waals surface area contributed by atoms with Gasteiger partial charge in [0.25, 0.3) is 0 Å². The number of carbonyl (C=O) groups excluding carboxylic acids is 1. The van der Waals surface area contributed by atoms with Gasteiger partial charge in [0.15, 0.2) is 4.47 Å². The molecule has 2 amide bonds. The number of rotatable bonds is 3. The third-order valence-electron chi connectivity index (χ3n) is 3.09. The van der Waals surface area contributed by atoms with Crippen LogP contribution in [0.1, 0.15) is 10.4 Å². The van der Waals surface area contributed by atoms with Crippen molar-refractivity contribution in [1.82, 2.24) is 9.88 Å². The number of anilines is 2. The molecular weight excluding hydrogens is 296 g/mol. The van der Waals surface area contributed by atoms with Gasteiger partial charge in [0.05, 0.1) is 6.54 Å². The molecule has 2 aromatic rings. The van der Waals surface area contributed by atoms with Gasteiger partial charge < -0.3 is 15.5 Å². The second-order valence-corrected chi connectivity index (χ2v) is 6.29. The van der Waals surface area contributed by atoms with Gasteiger partial charge in [-0.3, -0.25) is 0 Å². The molecule has 0 atom stereocenters. The van der Waals surface area contributed by atoms with Crippen LogP contribution in [-0.4, -0.2) is 23.0 Å². The van der Waals surface area contributed by atoms with Crippen molar-refractivity contribution in [2.45, 2.75) is 13.1 Å². The van der Waals surface area contributed by atoms with Gasteiger partial charge in [0.1, 0.15) is 0 Å². The van der Waals surface area contributed by atoms with Crippen LogP contribution in [0.25, 0.3) is 0 Å². The second kappa shape index (κ2) is 5.30. The molecule has 1 aromatic carbocycles. The molecule has 0 spiro atoms. The van der Waals surface area contributed by atoms with E-state index in [2.05, 4.69) is 15.6 Å². The average molecular weight is 309 g/mol. The van der Waals surface area contributed by atoms with Crippen LogP contribution in [0.3, 0.4) is 0 Å². The summed E-state index contributed by atoms with van der Waals surface area (Å²) in [4.78, 5) is 18.3. The van der Waals surface area contributed by atoms with Crippen LogP contribution in [0, 0.1) is 0 Å². The minimum Gasteiger partial charge on any atom is -0.380 e. The number of carbonyl (C=O) groups is 1. The van der Waals surface area contributed by atoms with E-state index in [1.807, 2.05) is 18.2 Å². The molecule has 7 heteroatoms. The predicted octanol–water partition coefficient (Wildman–Crippen LogP) is 3.39. The fourth-order valence-corrected chi connectivity index (χ4v) is 2.97. The van der Waals surface area contributed by atoms with Gasteiger partial charge >= 0.3 is 6.03 Å². The van der Waals surface area contributed by atoms with E-state index in [0.29, 0.717) is 17.6 Å². The van der Waals surface area contributed by atoms with E-state index in [4.69, 9.17) is 11.6 Å². The molecule has 0 bridgehead atoms. The van der Waals surface area contributed by atoms with E-state index in [9.17, 15) is 4.79 Å². The van der Waals surface area contributed by atoms with Crippen LogP contribution in [0.2, 0.25) is 4.47 Å². The molecule has 0 radical (unpaired) electrons. The number of amides is 2. The van der Waals surface area contributed by atoms with Crippen LogP contribution in [0.15, 0.2) is 24.4 Å². The van der Waals surface area contributed by atoms with Gasteiger partial charge in [-0.25, -0.2) is 9.78 Å². The topological polar surface area (TPSA) is 57.3 Å². The van der Waals surface area contributed by atoms with E-state index in [1.54, 1.807) is 18.1 Å². The summed E-state index contributed by atoms with van der Waals surface area (Å²) >= 11 is 7.26. The van der Waals surface area contributed by atoms with Gasteiger partial charge in [-0.05, 0) is 23.8 Å². The molecule has 1 aromatic heterocycles. The molecule has 20 heavy (non-hydrogen) atoms. The number of urea groups is 1. The van der Waals surface area contributed by atoms with Crippen molar-refractivity contribution in [2.24, 2.45) is 0 Å². The number of benzene rings is 1. The highest BCUT2D eigenvalue weighted by atomic mass is 35.5. The fourth-order valence-electron chi connectivity index (χ4n) is 2.05. The van der Waals surface area contributed by atoms with Gasteiger partial charge in [-0.1, -0.05) is 11.6 Å². The molecule has 0 saturated carbocycles. The third-order valence-corrected chi connectivity index (χ3v) is 4.21. The van der Waals surface area contributed by atoms with Crippen LogP contribution >= 0.6 is 22.9 Å². The van der Waals surface area contributed by atoms with E-state index in [1.165, 1.54) is 11.3 Å². The number of nitrogens with zero attached hydrogens (tertiary/aromatic N) is 2. The first-order chi connectivity index (χ1) is 9.61. The first-order valence-electron chi connectivity index (χ1n) is 6.11. The number of fused-ring (bicyclic) bond motifs is 1. The standard InChI is InChI=1S/C13H13ClN4OS/c1-18-7-8-4-9(2-3-11(8)17-13(18)19)15-5-10-6-16-12(14)20-10/h2-4,6,15H,5,7H2,1H3,(H,17,19). The van der Waals surface area contributed by atoms with E-state index < -0.39 is 0 Å². The summed E-state index contributed by atoms with van der Waals surface area (Å²) in [5, 5.41) is 6.18. The van der Waals surface area contributed by atoms with Crippen LogP contribution < -0.4 is 10.6 Å². The second-order valence-electron chi connectivity index (χ2n) is 4.59. The molecule has 0 fully saturated rings. The maximum absolute atomic E-state index is 11.5. The van der Waals surface area contributed by atoms with Crippen molar-refractivity contribution < 1.29 is 4.79 Å². The van der Waals surface area contributed by atoms with E-state index >= 15 is 0 Å². The summed E-state index contributed by atoms with van der Waals surface area (Å²) < 4.78 is 0.552. The number of thiazole rings is 1. The van der Waals surface area contributed by atoms with Crippen molar-refractivity contribution in [3.8, 4) is 0 Å². The Balaban J connectivity index is 1.72. The zero-order chi connectivity index (χ0) is 14.1. The monoisotopic (exact) mass is 308 g/mol. The summed E-state index contributed by atoms with van der Waals surface area (Å²) in [7, 11) is 1.78. The highest BCUT2D eigenvalue weighted by Crippen LogP contribution is 2.26. The highest BCUT2D eigenvalue weighted by Gasteiger charge is 2.19. The molecule has 2 heterocycles. The van der Waals surface area contributed by atoms with Crippen LogP contribution in [-0.2, 0) is 13.1 Å². The summed E-state index contributed by atoms with van der Waals surface area (Å²) in [5.74, 6) is 0. The molecule has 0 unspecified atom stereocenters. The highest BCUT2D eigenvalue weighted by molar-refractivity contribution is 7.15. The molecule has 104 valence electrons. The summed E-state index contributed by atoms with van der Waals surface area (Å²) in [6.07, 6.45) is 1.77. The van der Waals surface area contributed by atoms with E-state index in [-0.39, 0.29) is 6.03 Å². The molecule has 1 aliphatic rings. The molecule has 3 rings (SSSR count). The Morgan fingerprint density at radius 1 is 1.55 bits per heavy atom. The molecule has 0 saturated heterocycles. The first-order valence-corrected chi connectivity index (χ1v) is 7.30. The largest absolute Gasteiger partial charge is 0.380 e. The van der Waals surface area contributed by atoms with Crippen molar-refractivity contribution in [3.05, 3.63) is 39.3 Å². The van der Waals surface area contributed by atoms with E-state index in [0.717, 1.165) is 21.8 Å². The minimum absolute atomic E-state index is 0.0717. The molecular formula is C13H13ClN4OS. The smallest absolute Gasteiger partial charge is 0.321 e. The SMILES string of the molecule is CN1Cc2cc(NCc3cnc(Cl)s3)ccc2NC1=O. The maximum Gasteiger partial charge on any atom is 0.321 e. The summed E-state index contributed by atoms with van der Waals surface area (Å²) in [6, 6.07) is 5.85. The number of nitrogens with one attached hydrogen (secondary N) is 2. The van der Waals surface area contributed by atoms with Crippen molar-refractivity contribution in [1.29, 1.82) is 0 Å². The lowest BCUT2D eigenvalue weighted by Gasteiger charge is -2.26. The Labute approximate surface area is 125 Å². The Hall–Kier alpha value is -1.79. The number of hydrogen-bond acceptors (Lipinski definition) is 4. The molecule has 5 nitrogen and oxygen atoms in total. The number of hydrogen-bond donors (Lipinski definition) is 2. The van der Waals surface area contributed by atoms with Gasteiger partial charge in [0, 0.05) is 36.0 Å². The Morgan fingerprint density at radius 3 is 3.15 bits per heavy atom. The quantitative estimate of drug-likeness (QED) is 0.914. The fraction of sp³-hybridized carbons (Fsp3) is 0.231. The lowest BCUT2D eigenvalue weighted by atomic mass is 10.1. The Bertz CT molecular complexity index is 658. The maximum atomic E-state index is 11.5. The molecule has 0 aliphatic carbocycles. The lowest BCUT2D eigenvalue weighted by molar-refractivity contribution is 0.218. The summed E-state index contributed by atoms with van der Waals surface area (Å²) in [5.41, 5.74) is 2.98. The zero-order valence-corrected chi connectivity index (χ0v) is 12.4. The van der Waals surface area contributed by atoms with Gasteiger partial charge in [-0.2, -0.15) is 0 Å². The minimum atomic E-state index is -0.0717. The predicted molar refractivity (Wildman–Crippen MR) is 81.4 cm³/mol. The summed E-state index contributed by atoms with van der Waals surface area (Å²) in [6.45, 7) is 1.30. The first kappa shape index (κ1) is 13.2. The number of aromatic nitrogens is 1. The van der Waals surface area contributed by atoms with Gasteiger partial charge in [-0.15, -0.1) is 11.3 Å². The normalized spacial score (nSPS) is 13.9. The molecule has 2 N–H and O–H groups in total. The Morgan fingerprint density at radius 2 is 2.40 bits per heavy atom. The van der Waals surface area contributed by atoms with Gasteiger partial charge in [0.2, 0.25) is 0 Å². The average Bonchev–Trinajstić information content (AvgIpc) is 2.84. The molecule has 1 aliphatic heterocycles. The van der Waals surface area contributed by atoms with Crippen LogP contribution in [0.5, 0.6) is 0 Å².